The first-order valence-electron chi connectivity index (χ1n) is 7.14. The fourth-order valence-electron chi connectivity index (χ4n) is 2.97. The Kier molecular flexibility index (Phi) is 3.47. The van der Waals surface area contributed by atoms with Crippen LogP contribution in [-0.4, -0.2) is 17.6 Å². The predicted octanol–water partition coefficient (Wildman–Crippen LogP) is 2.24. The molecule has 0 fully saturated rings. The number of nitrogens with one attached hydrogen (secondary N) is 1. The summed E-state index contributed by atoms with van der Waals surface area (Å²) < 4.78 is 0. The number of carbonyl (C=O) groups excluding carboxylic acids is 1. The Morgan fingerprint density at radius 3 is 2.70 bits per heavy atom. The number of hydrogen-bond donors (Lipinski definition) is 1. The molecule has 23 heavy (non-hydrogen) atoms. The van der Waals surface area contributed by atoms with Gasteiger partial charge in [-0.2, -0.15) is 0 Å². The Balaban J connectivity index is 1.82. The van der Waals surface area contributed by atoms with Gasteiger partial charge in [0.1, 0.15) is 0 Å². The Hall–Kier alpha value is -2.11. The van der Waals surface area contributed by atoms with Gasteiger partial charge < -0.3 is 15.2 Å². The van der Waals surface area contributed by atoms with Crippen LogP contribution in [0.25, 0.3) is 4.91 Å². The number of benzene rings is 2. The second-order valence-electron chi connectivity index (χ2n) is 5.39. The number of anilines is 2. The maximum atomic E-state index is 11.2. The van der Waals surface area contributed by atoms with Gasteiger partial charge in [-0.3, -0.25) is 4.90 Å². The molecule has 0 radical (unpaired) electrons. The number of aliphatic carboxylic acids is 1. The number of halogens is 1. The van der Waals surface area contributed by atoms with E-state index in [1.165, 1.54) is 0 Å². The van der Waals surface area contributed by atoms with Crippen molar-refractivity contribution in [1.29, 1.82) is 0 Å². The van der Waals surface area contributed by atoms with Crippen LogP contribution in [0, 0.1) is 0 Å². The SMILES string of the molecule is O=C([O-])C[S+]1CN2C(=C1c1ccc(Cl)cc1)Nc1ccccc12. The summed E-state index contributed by atoms with van der Waals surface area (Å²) in [6.45, 7) is 0. The molecule has 2 aromatic rings. The smallest absolute Gasteiger partial charge is 0.205 e. The molecule has 0 saturated heterocycles. The summed E-state index contributed by atoms with van der Waals surface area (Å²) in [6, 6.07) is 15.6. The number of carboxylic acids is 1. The summed E-state index contributed by atoms with van der Waals surface area (Å²) in [7, 11) is -0.431. The average Bonchev–Trinajstić information content (AvgIpc) is 3.03. The number of rotatable bonds is 3. The van der Waals surface area contributed by atoms with E-state index in [0.717, 1.165) is 27.7 Å². The molecule has 0 aromatic heterocycles. The zero-order chi connectivity index (χ0) is 16.0. The molecule has 2 aliphatic rings. The van der Waals surface area contributed by atoms with Gasteiger partial charge in [-0.1, -0.05) is 23.7 Å². The fourth-order valence-corrected chi connectivity index (χ4v) is 5.22. The molecule has 1 atom stereocenters. The van der Waals surface area contributed by atoms with E-state index in [9.17, 15) is 9.90 Å². The van der Waals surface area contributed by atoms with E-state index in [4.69, 9.17) is 11.6 Å². The van der Waals surface area contributed by atoms with Crippen molar-refractivity contribution in [2.24, 2.45) is 0 Å². The summed E-state index contributed by atoms with van der Waals surface area (Å²) in [5.41, 5.74) is 3.13. The Morgan fingerprint density at radius 1 is 1.22 bits per heavy atom. The molecule has 1 unspecified atom stereocenters. The van der Waals surface area contributed by atoms with Crippen LogP contribution in [0.15, 0.2) is 54.4 Å². The molecule has 4 nitrogen and oxygen atoms in total. The molecule has 0 aliphatic carbocycles. The molecule has 0 spiro atoms. The molecule has 0 amide bonds. The van der Waals surface area contributed by atoms with Crippen LogP contribution in [0.1, 0.15) is 5.56 Å². The lowest BCUT2D eigenvalue weighted by atomic mass is 10.2. The van der Waals surface area contributed by atoms with E-state index in [1.54, 1.807) is 0 Å². The number of carbonyl (C=O) groups is 1. The van der Waals surface area contributed by atoms with E-state index in [1.807, 2.05) is 48.5 Å². The zero-order valence-electron chi connectivity index (χ0n) is 12.1. The fraction of sp³-hybridized carbons (Fsp3) is 0.118. The van der Waals surface area contributed by atoms with Gasteiger partial charge in [0.25, 0.3) is 0 Å². The van der Waals surface area contributed by atoms with Crippen LogP contribution in [0.2, 0.25) is 5.02 Å². The Morgan fingerprint density at radius 2 is 1.96 bits per heavy atom. The van der Waals surface area contributed by atoms with Gasteiger partial charge in [0.2, 0.25) is 4.91 Å². The maximum absolute atomic E-state index is 11.2. The standard InChI is InChI=1S/C17H13ClN2O2S/c18-12-7-5-11(6-8-12)16-17-19-13-3-1-2-4-14(13)20(17)10-23(16)9-15(21)22/h1-8,19H,9-10H2. The second kappa shape index (κ2) is 5.51. The Bertz CT molecular complexity index is 820. The lowest BCUT2D eigenvalue weighted by molar-refractivity contribution is -0.301. The quantitative estimate of drug-likeness (QED) is 0.868. The number of carboxylic acid groups (broad SMARTS) is 1. The van der Waals surface area contributed by atoms with Gasteiger partial charge in [-0.15, -0.1) is 0 Å². The molecule has 4 rings (SSSR count). The molecule has 1 N–H and O–H groups in total. The summed E-state index contributed by atoms with van der Waals surface area (Å²) >= 11 is 5.98. The van der Waals surface area contributed by atoms with Crippen LogP contribution in [0.4, 0.5) is 11.4 Å². The normalized spacial score (nSPS) is 18.7. The minimum Gasteiger partial charge on any atom is -0.545 e. The van der Waals surface area contributed by atoms with Crippen LogP contribution in [0.5, 0.6) is 0 Å². The van der Waals surface area contributed by atoms with E-state index in [2.05, 4.69) is 10.2 Å². The molecule has 2 aromatic carbocycles. The first-order chi connectivity index (χ1) is 11.1. The molecule has 116 valence electrons. The van der Waals surface area contributed by atoms with Crippen LogP contribution in [-0.2, 0) is 15.7 Å². The number of hydrogen-bond acceptors (Lipinski definition) is 4. The highest BCUT2D eigenvalue weighted by molar-refractivity contribution is 8.06. The molecule has 6 heteroatoms. The number of para-hydroxylation sites is 2. The monoisotopic (exact) mass is 344 g/mol. The number of fused-ring (bicyclic) bond motifs is 3. The first kappa shape index (κ1) is 14.5. The average molecular weight is 345 g/mol. The van der Waals surface area contributed by atoms with Crippen molar-refractivity contribution in [3.8, 4) is 0 Å². The highest BCUT2D eigenvalue weighted by Gasteiger charge is 2.45. The number of nitrogens with zero attached hydrogens (tertiary/aromatic N) is 1. The van der Waals surface area contributed by atoms with Crippen molar-refractivity contribution in [2.45, 2.75) is 0 Å². The highest BCUT2D eigenvalue weighted by Crippen LogP contribution is 2.46. The van der Waals surface area contributed by atoms with Crippen molar-refractivity contribution >= 4 is 44.7 Å². The maximum Gasteiger partial charge on any atom is 0.205 e. The highest BCUT2D eigenvalue weighted by atomic mass is 35.5. The molecular formula is C17H13ClN2O2S. The van der Waals surface area contributed by atoms with Gasteiger partial charge >= 0.3 is 0 Å². The van der Waals surface area contributed by atoms with Gasteiger partial charge in [-0.25, -0.2) is 0 Å². The molecule has 2 aliphatic heterocycles. The van der Waals surface area contributed by atoms with E-state index < -0.39 is 16.9 Å². The van der Waals surface area contributed by atoms with Crippen LogP contribution < -0.4 is 15.3 Å². The minimum absolute atomic E-state index is 0.0296. The third-order valence-electron chi connectivity index (χ3n) is 3.91. The van der Waals surface area contributed by atoms with Gasteiger partial charge in [-0.05, 0) is 36.4 Å². The van der Waals surface area contributed by atoms with Crippen molar-refractivity contribution < 1.29 is 9.90 Å². The minimum atomic E-state index is -1.02. The molecule has 0 saturated carbocycles. The second-order valence-corrected chi connectivity index (χ2v) is 7.77. The molecule has 2 heterocycles. The van der Waals surface area contributed by atoms with Crippen molar-refractivity contribution in [3.05, 3.63) is 64.9 Å². The topological polar surface area (TPSA) is 55.4 Å². The summed E-state index contributed by atoms with van der Waals surface area (Å²) in [5.74, 6) is 0.639. The van der Waals surface area contributed by atoms with Crippen LogP contribution in [0.3, 0.4) is 0 Å². The van der Waals surface area contributed by atoms with E-state index in [0.29, 0.717) is 10.9 Å². The predicted molar refractivity (Wildman–Crippen MR) is 93.0 cm³/mol. The summed E-state index contributed by atoms with van der Waals surface area (Å²) in [5, 5.41) is 15.3. The van der Waals surface area contributed by atoms with Gasteiger partial charge in [0.05, 0.1) is 28.2 Å². The van der Waals surface area contributed by atoms with Crippen molar-refractivity contribution in [2.75, 3.05) is 21.8 Å². The first-order valence-corrected chi connectivity index (χ1v) is 9.09. The summed E-state index contributed by atoms with van der Waals surface area (Å²) in [4.78, 5) is 14.4. The van der Waals surface area contributed by atoms with E-state index >= 15 is 0 Å². The van der Waals surface area contributed by atoms with Crippen molar-refractivity contribution in [1.82, 2.24) is 0 Å². The molecular weight excluding hydrogens is 332 g/mol. The molecule has 0 bridgehead atoms. The third-order valence-corrected chi connectivity index (χ3v) is 6.32. The van der Waals surface area contributed by atoms with Crippen LogP contribution >= 0.6 is 11.6 Å². The third kappa shape index (κ3) is 2.46. The van der Waals surface area contributed by atoms with Gasteiger partial charge in [0.15, 0.2) is 17.5 Å². The zero-order valence-corrected chi connectivity index (χ0v) is 13.7. The van der Waals surface area contributed by atoms with E-state index in [-0.39, 0.29) is 5.75 Å². The summed E-state index contributed by atoms with van der Waals surface area (Å²) in [6.07, 6.45) is 0. The lowest BCUT2D eigenvalue weighted by Crippen LogP contribution is -2.32. The largest absolute Gasteiger partial charge is 0.545 e. The lowest BCUT2D eigenvalue weighted by Gasteiger charge is -2.10. The Labute approximate surface area is 141 Å². The van der Waals surface area contributed by atoms with Gasteiger partial charge in [0, 0.05) is 10.6 Å². The van der Waals surface area contributed by atoms with Crippen molar-refractivity contribution in [3.63, 3.8) is 0 Å².